The molecular formula is C17H20O. The number of aryl methyl sites for hydroxylation is 3. The molecule has 94 valence electrons. The van der Waals surface area contributed by atoms with Crippen molar-refractivity contribution < 1.29 is 5.11 Å². The summed E-state index contributed by atoms with van der Waals surface area (Å²) < 4.78 is 0. The van der Waals surface area contributed by atoms with Crippen molar-refractivity contribution in [2.75, 3.05) is 0 Å². The molecule has 0 heterocycles. The molecule has 1 heteroatoms. The molecule has 0 fully saturated rings. The third-order valence-corrected chi connectivity index (χ3v) is 3.70. The summed E-state index contributed by atoms with van der Waals surface area (Å²) in [5.74, 6) is 0. The molecule has 0 saturated heterocycles. The number of rotatable bonds is 2. The van der Waals surface area contributed by atoms with Gasteiger partial charge in [0.15, 0.2) is 0 Å². The van der Waals surface area contributed by atoms with Crippen LogP contribution >= 0.6 is 0 Å². The summed E-state index contributed by atoms with van der Waals surface area (Å²) in [5.41, 5.74) is 4.58. The molecule has 1 N–H and O–H groups in total. The van der Waals surface area contributed by atoms with Crippen molar-refractivity contribution >= 4 is 0 Å². The van der Waals surface area contributed by atoms with Gasteiger partial charge in [0.25, 0.3) is 0 Å². The maximum Gasteiger partial charge on any atom is 0.112 e. The van der Waals surface area contributed by atoms with Crippen molar-refractivity contribution in [3.63, 3.8) is 0 Å². The summed E-state index contributed by atoms with van der Waals surface area (Å²) in [6.07, 6.45) is 0. The highest BCUT2D eigenvalue weighted by Gasteiger charge is 2.27. The van der Waals surface area contributed by atoms with E-state index in [1.54, 1.807) is 0 Å². The van der Waals surface area contributed by atoms with E-state index in [0.29, 0.717) is 0 Å². The molecule has 0 aliphatic carbocycles. The van der Waals surface area contributed by atoms with Gasteiger partial charge in [-0.25, -0.2) is 0 Å². The van der Waals surface area contributed by atoms with Crippen LogP contribution in [0.15, 0.2) is 42.5 Å². The molecule has 0 aliphatic heterocycles. The first-order valence-electron chi connectivity index (χ1n) is 6.29. The number of benzene rings is 2. The van der Waals surface area contributed by atoms with Gasteiger partial charge >= 0.3 is 0 Å². The average Bonchev–Trinajstić information content (AvgIpc) is 2.34. The summed E-state index contributed by atoms with van der Waals surface area (Å²) in [6.45, 7) is 8.10. The fourth-order valence-corrected chi connectivity index (χ4v) is 2.40. The second-order valence-corrected chi connectivity index (χ2v) is 5.19. The number of hydrogen-bond donors (Lipinski definition) is 1. The first-order valence-corrected chi connectivity index (χ1v) is 6.29. The topological polar surface area (TPSA) is 20.2 Å². The molecule has 0 saturated carbocycles. The minimum atomic E-state index is -0.941. The molecular weight excluding hydrogens is 220 g/mol. The van der Waals surface area contributed by atoms with E-state index in [1.807, 2.05) is 37.3 Å². The predicted molar refractivity (Wildman–Crippen MR) is 75.8 cm³/mol. The Bertz CT molecular complexity index is 553. The molecule has 2 aromatic carbocycles. The molecule has 1 atom stereocenters. The minimum Gasteiger partial charge on any atom is -0.381 e. The van der Waals surface area contributed by atoms with Crippen molar-refractivity contribution in [3.05, 3.63) is 70.3 Å². The second kappa shape index (κ2) is 4.58. The Hall–Kier alpha value is -1.60. The van der Waals surface area contributed by atoms with E-state index in [-0.39, 0.29) is 0 Å². The van der Waals surface area contributed by atoms with Crippen LogP contribution in [0.5, 0.6) is 0 Å². The lowest BCUT2D eigenvalue weighted by molar-refractivity contribution is 0.101. The fourth-order valence-electron chi connectivity index (χ4n) is 2.40. The van der Waals surface area contributed by atoms with Gasteiger partial charge in [-0.1, -0.05) is 42.5 Å². The van der Waals surface area contributed by atoms with Crippen LogP contribution in [-0.2, 0) is 5.60 Å². The van der Waals surface area contributed by atoms with Gasteiger partial charge in [-0.05, 0) is 55.5 Å². The van der Waals surface area contributed by atoms with E-state index in [9.17, 15) is 5.11 Å². The van der Waals surface area contributed by atoms with Crippen LogP contribution in [0.4, 0.5) is 0 Å². The van der Waals surface area contributed by atoms with Gasteiger partial charge in [-0.15, -0.1) is 0 Å². The van der Waals surface area contributed by atoms with E-state index in [2.05, 4.69) is 32.9 Å². The van der Waals surface area contributed by atoms with Crippen molar-refractivity contribution in [3.8, 4) is 0 Å². The van der Waals surface area contributed by atoms with Crippen LogP contribution in [0.25, 0.3) is 0 Å². The van der Waals surface area contributed by atoms with Gasteiger partial charge in [0.05, 0.1) is 0 Å². The first-order chi connectivity index (χ1) is 8.43. The minimum absolute atomic E-state index is 0.927. The summed E-state index contributed by atoms with van der Waals surface area (Å²) in [4.78, 5) is 0. The van der Waals surface area contributed by atoms with Crippen molar-refractivity contribution in [1.82, 2.24) is 0 Å². The first kappa shape index (κ1) is 12.8. The van der Waals surface area contributed by atoms with Gasteiger partial charge in [-0.3, -0.25) is 0 Å². The van der Waals surface area contributed by atoms with Crippen molar-refractivity contribution in [1.29, 1.82) is 0 Å². The molecule has 18 heavy (non-hydrogen) atoms. The van der Waals surface area contributed by atoms with E-state index in [1.165, 1.54) is 11.1 Å². The third-order valence-electron chi connectivity index (χ3n) is 3.70. The van der Waals surface area contributed by atoms with E-state index < -0.39 is 5.60 Å². The Kier molecular flexibility index (Phi) is 3.27. The average molecular weight is 240 g/mol. The molecule has 0 spiro atoms. The van der Waals surface area contributed by atoms with Crippen LogP contribution in [0.3, 0.4) is 0 Å². The quantitative estimate of drug-likeness (QED) is 0.845. The Labute approximate surface area is 109 Å². The largest absolute Gasteiger partial charge is 0.381 e. The third kappa shape index (κ3) is 2.19. The fraction of sp³-hybridized carbons (Fsp3) is 0.294. The van der Waals surface area contributed by atoms with E-state index in [4.69, 9.17) is 0 Å². The summed E-state index contributed by atoms with van der Waals surface area (Å²) in [7, 11) is 0. The maximum absolute atomic E-state index is 10.9. The summed E-state index contributed by atoms with van der Waals surface area (Å²) >= 11 is 0. The lowest BCUT2D eigenvalue weighted by atomic mass is 9.84. The maximum atomic E-state index is 10.9. The van der Waals surface area contributed by atoms with E-state index >= 15 is 0 Å². The highest BCUT2D eigenvalue weighted by atomic mass is 16.3. The molecule has 0 radical (unpaired) electrons. The highest BCUT2D eigenvalue weighted by Crippen LogP contribution is 2.32. The SMILES string of the molecule is Cc1cc(C)c(C(C)(O)c2ccccc2)cc1C. The molecule has 1 unspecified atom stereocenters. The van der Waals surface area contributed by atoms with Gasteiger partial charge in [0.1, 0.15) is 5.60 Å². The second-order valence-electron chi connectivity index (χ2n) is 5.19. The monoisotopic (exact) mass is 240 g/mol. The number of hydrogen-bond acceptors (Lipinski definition) is 1. The lowest BCUT2D eigenvalue weighted by Crippen LogP contribution is -2.24. The van der Waals surface area contributed by atoms with Crippen LogP contribution < -0.4 is 0 Å². The smallest absolute Gasteiger partial charge is 0.112 e. The van der Waals surface area contributed by atoms with E-state index in [0.717, 1.165) is 16.7 Å². The Morgan fingerprint density at radius 2 is 1.39 bits per heavy atom. The zero-order valence-electron chi connectivity index (χ0n) is 11.5. The van der Waals surface area contributed by atoms with Crippen molar-refractivity contribution in [2.45, 2.75) is 33.3 Å². The normalized spacial score (nSPS) is 14.3. The van der Waals surface area contributed by atoms with Gasteiger partial charge in [-0.2, -0.15) is 0 Å². The Balaban J connectivity index is 2.58. The lowest BCUT2D eigenvalue weighted by Gasteiger charge is -2.27. The van der Waals surface area contributed by atoms with Crippen LogP contribution in [0.2, 0.25) is 0 Å². The Morgan fingerprint density at radius 1 is 0.833 bits per heavy atom. The zero-order chi connectivity index (χ0) is 13.3. The van der Waals surface area contributed by atoms with Crippen LogP contribution in [0, 0.1) is 20.8 Å². The van der Waals surface area contributed by atoms with Gasteiger partial charge < -0.3 is 5.11 Å². The zero-order valence-corrected chi connectivity index (χ0v) is 11.5. The predicted octanol–water partition coefficient (Wildman–Crippen LogP) is 3.87. The molecule has 0 amide bonds. The van der Waals surface area contributed by atoms with Crippen LogP contribution in [-0.4, -0.2) is 5.11 Å². The van der Waals surface area contributed by atoms with Crippen LogP contribution in [0.1, 0.15) is 34.7 Å². The Morgan fingerprint density at radius 3 is 2.00 bits per heavy atom. The molecule has 2 rings (SSSR count). The molecule has 2 aromatic rings. The molecule has 0 aromatic heterocycles. The standard InChI is InChI=1S/C17H20O/c1-12-10-14(3)16(11-13(12)2)17(4,18)15-8-6-5-7-9-15/h5-11,18H,1-4H3. The van der Waals surface area contributed by atoms with Crippen molar-refractivity contribution in [2.24, 2.45) is 0 Å². The molecule has 0 aliphatic rings. The molecule has 1 nitrogen and oxygen atoms in total. The molecule has 0 bridgehead atoms. The van der Waals surface area contributed by atoms with Gasteiger partial charge in [0, 0.05) is 0 Å². The number of aliphatic hydroxyl groups is 1. The van der Waals surface area contributed by atoms with Gasteiger partial charge in [0.2, 0.25) is 0 Å². The highest BCUT2D eigenvalue weighted by molar-refractivity contribution is 5.44. The summed E-state index contributed by atoms with van der Waals surface area (Å²) in [6, 6.07) is 14.1. The summed E-state index contributed by atoms with van der Waals surface area (Å²) in [5, 5.41) is 10.9.